The van der Waals surface area contributed by atoms with Crippen LogP contribution in [0.1, 0.15) is 27.3 Å². The minimum absolute atomic E-state index is 0.235. The number of rotatable bonds is 2. The minimum atomic E-state index is -0.235. The summed E-state index contributed by atoms with van der Waals surface area (Å²) in [6.07, 6.45) is 0. The fourth-order valence-electron chi connectivity index (χ4n) is 1.84. The number of nitrogens with one attached hydrogen (secondary N) is 1. The summed E-state index contributed by atoms with van der Waals surface area (Å²) >= 11 is 0. The zero-order valence-corrected chi connectivity index (χ0v) is 11.1. The first-order valence-corrected chi connectivity index (χ1v) is 5.84. The van der Waals surface area contributed by atoms with Crippen LogP contribution in [0.3, 0.4) is 0 Å². The molecule has 5 nitrogen and oxygen atoms in total. The summed E-state index contributed by atoms with van der Waals surface area (Å²) in [7, 11) is 1.72. The van der Waals surface area contributed by atoms with Gasteiger partial charge in [0.15, 0.2) is 0 Å². The maximum atomic E-state index is 12.1. The molecule has 0 aliphatic carbocycles. The molecule has 0 unspecified atom stereocenters. The van der Waals surface area contributed by atoms with E-state index in [4.69, 9.17) is 5.26 Å². The minimum Gasteiger partial charge on any atom is -0.320 e. The molecule has 5 heteroatoms. The number of hydrogen-bond donors (Lipinski definition) is 1. The van der Waals surface area contributed by atoms with E-state index in [2.05, 4.69) is 16.5 Å². The van der Waals surface area contributed by atoms with Crippen molar-refractivity contribution in [2.45, 2.75) is 13.8 Å². The smallest absolute Gasteiger partial charge is 0.273 e. The molecule has 0 saturated heterocycles. The van der Waals surface area contributed by atoms with Crippen LogP contribution in [-0.2, 0) is 7.05 Å². The summed E-state index contributed by atoms with van der Waals surface area (Å²) < 4.78 is 1.54. The van der Waals surface area contributed by atoms with Gasteiger partial charge in [-0.15, -0.1) is 0 Å². The van der Waals surface area contributed by atoms with Gasteiger partial charge in [0, 0.05) is 12.7 Å². The lowest BCUT2D eigenvalue weighted by Gasteiger charge is -2.08. The Morgan fingerprint density at radius 1 is 1.37 bits per heavy atom. The number of hydrogen-bond acceptors (Lipinski definition) is 3. The fourth-order valence-corrected chi connectivity index (χ4v) is 1.84. The maximum absolute atomic E-state index is 12.1. The van der Waals surface area contributed by atoms with Gasteiger partial charge < -0.3 is 5.32 Å². The molecule has 2 rings (SSSR count). The number of anilines is 1. The molecular weight excluding hydrogens is 240 g/mol. The van der Waals surface area contributed by atoms with E-state index in [1.165, 1.54) is 4.68 Å². The fraction of sp³-hybridized carbons (Fsp3) is 0.214. The van der Waals surface area contributed by atoms with Gasteiger partial charge in [-0.3, -0.25) is 9.48 Å². The second kappa shape index (κ2) is 4.94. The Morgan fingerprint density at radius 2 is 2.11 bits per heavy atom. The molecule has 1 aromatic heterocycles. The SMILES string of the molecule is Cc1cc(C(=O)Nc2cc(C#N)ccc2C)n(C)n1. The Labute approximate surface area is 111 Å². The molecule has 0 bridgehead atoms. The summed E-state index contributed by atoms with van der Waals surface area (Å²) in [6.45, 7) is 3.71. The van der Waals surface area contributed by atoms with Crippen LogP contribution in [0.25, 0.3) is 0 Å². The second-order valence-corrected chi connectivity index (χ2v) is 4.39. The lowest BCUT2D eigenvalue weighted by atomic mass is 10.1. The van der Waals surface area contributed by atoms with Gasteiger partial charge in [-0.1, -0.05) is 6.07 Å². The highest BCUT2D eigenvalue weighted by Gasteiger charge is 2.13. The predicted octanol–water partition coefficient (Wildman–Crippen LogP) is 2.16. The molecule has 0 atom stereocenters. The number of carbonyl (C=O) groups excluding carboxylic acids is 1. The summed E-state index contributed by atoms with van der Waals surface area (Å²) in [5.74, 6) is -0.235. The summed E-state index contributed by atoms with van der Waals surface area (Å²) in [5, 5.41) is 15.8. The average molecular weight is 254 g/mol. The zero-order valence-electron chi connectivity index (χ0n) is 11.1. The number of nitriles is 1. The van der Waals surface area contributed by atoms with Gasteiger partial charge in [-0.05, 0) is 37.6 Å². The van der Waals surface area contributed by atoms with Crippen LogP contribution in [0.2, 0.25) is 0 Å². The van der Waals surface area contributed by atoms with Crippen molar-refractivity contribution in [2.24, 2.45) is 7.05 Å². The Hall–Kier alpha value is -2.61. The average Bonchev–Trinajstić information content (AvgIpc) is 2.71. The number of benzene rings is 1. The van der Waals surface area contributed by atoms with Gasteiger partial charge in [0.25, 0.3) is 5.91 Å². The topological polar surface area (TPSA) is 70.7 Å². The van der Waals surface area contributed by atoms with Crippen LogP contribution < -0.4 is 5.32 Å². The van der Waals surface area contributed by atoms with Crippen molar-refractivity contribution in [3.8, 4) is 6.07 Å². The van der Waals surface area contributed by atoms with Crippen molar-refractivity contribution >= 4 is 11.6 Å². The molecule has 96 valence electrons. The van der Waals surface area contributed by atoms with Crippen LogP contribution >= 0.6 is 0 Å². The number of carbonyl (C=O) groups is 1. The van der Waals surface area contributed by atoms with E-state index < -0.39 is 0 Å². The molecule has 0 radical (unpaired) electrons. The molecular formula is C14H14N4O. The van der Waals surface area contributed by atoms with Gasteiger partial charge in [0.2, 0.25) is 0 Å². The Balaban J connectivity index is 2.29. The first kappa shape index (κ1) is 12.8. The molecule has 1 N–H and O–H groups in total. The van der Waals surface area contributed by atoms with Gasteiger partial charge in [-0.25, -0.2) is 0 Å². The monoisotopic (exact) mass is 254 g/mol. The summed E-state index contributed by atoms with van der Waals surface area (Å²) in [5.41, 5.74) is 3.34. The van der Waals surface area contributed by atoms with Gasteiger partial charge in [0.05, 0.1) is 17.3 Å². The van der Waals surface area contributed by atoms with Crippen molar-refractivity contribution in [1.29, 1.82) is 5.26 Å². The highest BCUT2D eigenvalue weighted by molar-refractivity contribution is 6.03. The van der Waals surface area contributed by atoms with Crippen LogP contribution in [0.5, 0.6) is 0 Å². The van der Waals surface area contributed by atoms with Gasteiger partial charge in [-0.2, -0.15) is 10.4 Å². The Bertz CT molecular complexity index is 679. The molecule has 0 aliphatic rings. The van der Waals surface area contributed by atoms with Crippen molar-refractivity contribution < 1.29 is 4.79 Å². The number of aromatic nitrogens is 2. The predicted molar refractivity (Wildman–Crippen MR) is 71.8 cm³/mol. The number of amides is 1. The van der Waals surface area contributed by atoms with E-state index in [-0.39, 0.29) is 5.91 Å². The third-order valence-electron chi connectivity index (χ3n) is 2.85. The maximum Gasteiger partial charge on any atom is 0.273 e. The molecule has 0 saturated carbocycles. The summed E-state index contributed by atoms with van der Waals surface area (Å²) in [6, 6.07) is 8.97. The van der Waals surface area contributed by atoms with Crippen LogP contribution in [0, 0.1) is 25.2 Å². The van der Waals surface area contributed by atoms with Crippen molar-refractivity contribution in [1.82, 2.24) is 9.78 Å². The Morgan fingerprint density at radius 3 is 2.68 bits per heavy atom. The zero-order chi connectivity index (χ0) is 14.0. The van der Waals surface area contributed by atoms with E-state index in [9.17, 15) is 4.79 Å². The highest BCUT2D eigenvalue weighted by Crippen LogP contribution is 2.17. The molecule has 1 amide bonds. The quantitative estimate of drug-likeness (QED) is 0.892. The van der Waals surface area contributed by atoms with E-state index in [0.717, 1.165) is 11.3 Å². The number of nitrogens with zero attached hydrogens (tertiary/aromatic N) is 3. The standard InChI is InChI=1S/C14H14N4O/c1-9-4-5-11(8-15)7-12(9)16-14(19)13-6-10(2)17-18(13)3/h4-7H,1-3H3,(H,16,19). The van der Waals surface area contributed by atoms with Crippen molar-refractivity contribution in [3.63, 3.8) is 0 Å². The molecule has 19 heavy (non-hydrogen) atoms. The van der Waals surface area contributed by atoms with E-state index >= 15 is 0 Å². The van der Waals surface area contributed by atoms with Crippen LogP contribution in [-0.4, -0.2) is 15.7 Å². The molecule has 0 aliphatic heterocycles. The largest absolute Gasteiger partial charge is 0.320 e. The van der Waals surface area contributed by atoms with Crippen LogP contribution in [0.15, 0.2) is 24.3 Å². The first-order chi connectivity index (χ1) is 9.01. The van der Waals surface area contributed by atoms with Crippen LogP contribution in [0.4, 0.5) is 5.69 Å². The van der Waals surface area contributed by atoms with Gasteiger partial charge >= 0.3 is 0 Å². The lowest BCUT2D eigenvalue weighted by Crippen LogP contribution is -2.16. The second-order valence-electron chi connectivity index (χ2n) is 4.39. The molecule has 1 heterocycles. The lowest BCUT2D eigenvalue weighted by molar-refractivity contribution is 0.101. The molecule has 0 fully saturated rings. The Kier molecular flexibility index (Phi) is 3.34. The van der Waals surface area contributed by atoms with E-state index in [1.54, 1.807) is 25.2 Å². The van der Waals surface area contributed by atoms with E-state index in [0.29, 0.717) is 16.9 Å². The summed E-state index contributed by atoms with van der Waals surface area (Å²) in [4.78, 5) is 12.1. The third kappa shape index (κ3) is 2.63. The highest BCUT2D eigenvalue weighted by atomic mass is 16.2. The first-order valence-electron chi connectivity index (χ1n) is 5.84. The molecule has 2 aromatic rings. The number of aryl methyl sites for hydroxylation is 3. The normalized spacial score (nSPS) is 10.0. The third-order valence-corrected chi connectivity index (χ3v) is 2.85. The van der Waals surface area contributed by atoms with Crippen molar-refractivity contribution in [3.05, 3.63) is 46.8 Å². The molecule has 0 spiro atoms. The molecule has 1 aromatic carbocycles. The van der Waals surface area contributed by atoms with Crippen molar-refractivity contribution in [2.75, 3.05) is 5.32 Å². The van der Waals surface area contributed by atoms with Gasteiger partial charge in [0.1, 0.15) is 5.69 Å². The van der Waals surface area contributed by atoms with E-state index in [1.807, 2.05) is 19.9 Å².